The van der Waals surface area contributed by atoms with Crippen LogP contribution in [0.25, 0.3) is 22.4 Å². The summed E-state index contributed by atoms with van der Waals surface area (Å²) in [6, 6.07) is 6.39. The van der Waals surface area contributed by atoms with E-state index in [9.17, 15) is 15.0 Å². The fourth-order valence-electron chi connectivity index (χ4n) is 3.86. The number of methoxy groups -OCH3 is 1. The monoisotopic (exact) mass is 454 g/mol. The lowest BCUT2D eigenvalue weighted by Crippen LogP contribution is -2.49. The lowest BCUT2D eigenvalue weighted by atomic mass is 9.98. The molecular formula is C22H19FN4O6. The molecule has 0 unspecified atom stereocenters. The van der Waals surface area contributed by atoms with Gasteiger partial charge in [-0.15, -0.1) is 0 Å². The van der Waals surface area contributed by atoms with Crippen LogP contribution < -0.4 is 10.1 Å². The maximum absolute atomic E-state index is 15.1. The number of carbonyl (C=O) groups is 1. The van der Waals surface area contributed by atoms with Gasteiger partial charge in [-0.05, 0) is 31.2 Å². The fraction of sp³-hybridized carbons (Fsp3) is 0.227. The van der Waals surface area contributed by atoms with Gasteiger partial charge in [0.25, 0.3) is 5.91 Å². The summed E-state index contributed by atoms with van der Waals surface area (Å²) in [6.45, 7) is 2.69. The van der Waals surface area contributed by atoms with Crippen molar-refractivity contribution in [2.75, 3.05) is 25.6 Å². The van der Waals surface area contributed by atoms with Gasteiger partial charge in [-0.2, -0.15) is 0 Å². The number of hydrogen-bond acceptors (Lipinski definition) is 8. The van der Waals surface area contributed by atoms with Crippen molar-refractivity contribution in [1.29, 1.82) is 0 Å². The maximum atomic E-state index is 15.1. The van der Waals surface area contributed by atoms with Gasteiger partial charge >= 0.3 is 0 Å². The number of fused-ring (bicyclic) bond motifs is 1. The number of phenolic OH excluding ortho intramolecular Hbond substituents is 2. The number of hydrogen-bond donors (Lipinski definition) is 3. The molecule has 2 aromatic carbocycles. The molecule has 1 amide bonds. The highest BCUT2D eigenvalue weighted by atomic mass is 19.1. The molecule has 4 aromatic rings. The van der Waals surface area contributed by atoms with Crippen LogP contribution in [-0.2, 0) is 10.3 Å². The van der Waals surface area contributed by atoms with Crippen molar-refractivity contribution in [2.45, 2.75) is 12.5 Å². The van der Waals surface area contributed by atoms with Crippen molar-refractivity contribution in [2.24, 2.45) is 0 Å². The van der Waals surface area contributed by atoms with E-state index in [1.54, 1.807) is 18.2 Å². The Balaban J connectivity index is 1.67. The third kappa shape index (κ3) is 3.24. The van der Waals surface area contributed by atoms with Gasteiger partial charge in [0.2, 0.25) is 5.75 Å². The van der Waals surface area contributed by atoms with Gasteiger partial charge in [-0.1, -0.05) is 5.16 Å². The first kappa shape index (κ1) is 20.8. The van der Waals surface area contributed by atoms with E-state index >= 15 is 4.39 Å². The number of carbonyl (C=O) groups excluding carboxylic acids is 1. The smallest absolute Gasteiger partial charge is 0.260 e. The van der Waals surface area contributed by atoms with Gasteiger partial charge < -0.3 is 34.1 Å². The van der Waals surface area contributed by atoms with Gasteiger partial charge in [0, 0.05) is 5.69 Å². The number of nitrogens with one attached hydrogen (secondary N) is 1. The number of ether oxygens (including phenoxy) is 2. The molecule has 11 heteroatoms. The number of aromatic nitrogens is 3. The number of halogens is 1. The number of phenols is 2. The fourth-order valence-corrected chi connectivity index (χ4v) is 3.86. The largest absolute Gasteiger partial charge is 0.502 e. The average molecular weight is 454 g/mol. The van der Waals surface area contributed by atoms with Gasteiger partial charge in [0.15, 0.2) is 17.3 Å². The van der Waals surface area contributed by atoms with E-state index < -0.39 is 28.8 Å². The number of amides is 1. The molecule has 1 aliphatic heterocycles. The van der Waals surface area contributed by atoms with Crippen LogP contribution in [0.3, 0.4) is 0 Å². The third-order valence-corrected chi connectivity index (χ3v) is 5.61. The zero-order valence-corrected chi connectivity index (χ0v) is 17.6. The zero-order valence-electron chi connectivity index (χ0n) is 17.6. The molecule has 1 saturated heterocycles. The molecule has 5 rings (SSSR count). The summed E-state index contributed by atoms with van der Waals surface area (Å²) in [5.41, 5.74) is 1.30. The van der Waals surface area contributed by atoms with E-state index in [-0.39, 0.29) is 22.7 Å². The second-order valence-corrected chi connectivity index (χ2v) is 7.97. The predicted octanol–water partition coefficient (Wildman–Crippen LogP) is 3.25. The summed E-state index contributed by atoms with van der Waals surface area (Å²) in [6.07, 6.45) is 2.52. The molecule has 0 radical (unpaired) electrons. The standard InChI is InChI=1S/C22H19FN4O6/c1-22(9-32-10-22)27-15-4-3-12(25-21(30)11-7-24-33-8-11)5-14(15)26-20(27)13-6-16(31-2)18(28)19(29)17(13)23/h3-8,28-29H,9-10H2,1-2H3,(H,25,30). The van der Waals surface area contributed by atoms with Gasteiger partial charge in [0.05, 0.1) is 54.2 Å². The van der Waals surface area contributed by atoms with Crippen molar-refractivity contribution in [3.63, 3.8) is 0 Å². The SMILES string of the molecule is COc1cc(-c2nc3cc(NC(=O)c4cnoc4)ccc3n2C2(C)COC2)c(F)c(O)c1O. The first-order valence-corrected chi connectivity index (χ1v) is 9.92. The Hall–Kier alpha value is -4.12. The topological polar surface area (TPSA) is 132 Å². The molecule has 1 fully saturated rings. The third-order valence-electron chi connectivity index (χ3n) is 5.61. The number of imidazole rings is 1. The Morgan fingerprint density at radius 2 is 2.06 bits per heavy atom. The molecule has 1 aliphatic rings. The normalized spacial score (nSPS) is 14.8. The number of nitrogens with zero attached hydrogens (tertiary/aromatic N) is 3. The lowest BCUT2D eigenvalue weighted by molar-refractivity contribution is -0.0868. The van der Waals surface area contributed by atoms with Crippen LogP contribution in [0.1, 0.15) is 17.3 Å². The molecule has 33 heavy (non-hydrogen) atoms. The quantitative estimate of drug-likeness (QED) is 0.392. The number of anilines is 1. The minimum absolute atomic E-state index is 0.0541. The summed E-state index contributed by atoms with van der Waals surface area (Å²) in [5.74, 6) is -2.95. The maximum Gasteiger partial charge on any atom is 0.260 e. The van der Waals surface area contributed by atoms with Crippen LogP contribution in [0, 0.1) is 5.82 Å². The van der Waals surface area contributed by atoms with Gasteiger partial charge in [-0.3, -0.25) is 4.79 Å². The first-order valence-electron chi connectivity index (χ1n) is 9.92. The van der Waals surface area contributed by atoms with E-state index in [1.807, 2.05) is 11.5 Å². The van der Waals surface area contributed by atoms with Crippen molar-refractivity contribution in [3.05, 3.63) is 48.1 Å². The van der Waals surface area contributed by atoms with Crippen LogP contribution >= 0.6 is 0 Å². The van der Waals surface area contributed by atoms with Gasteiger partial charge in [0.1, 0.15) is 12.1 Å². The molecule has 170 valence electrons. The number of aromatic hydroxyl groups is 2. The highest BCUT2D eigenvalue weighted by Gasteiger charge is 2.39. The summed E-state index contributed by atoms with van der Waals surface area (Å²) in [7, 11) is 1.30. The summed E-state index contributed by atoms with van der Waals surface area (Å²) in [4.78, 5) is 16.9. The number of rotatable bonds is 5. The van der Waals surface area contributed by atoms with E-state index in [0.29, 0.717) is 29.9 Å². The molecular weight excluding hydrogens is 435 g/mol. The Bertz CT molecular complexity index is 1380. The molecule has 2 aromatic heterocycles. The van der Waals surface area contributed by atoms with E-state index in [2.05, 4.69) is 15.5 Å². The summed E-state index contributed by atoms with van der Waals surface area (Å²) < 4.78 is 32.1. The van der Waals surface area contributed by atoms with Crippen molar-refractivity contribution in [3.8, 4) is 28.6 Å². The summed E-state index contributed by atoms with van der Waals surface area (Å²) >= 11 is 0. The highest BCUT2D eigenvalue weighted by molar-refractivity contribution is 6.04. The van der Waals surface area contributed by atoms with Crippen molar-refractivity contribution >= 4 is 22.6 Å². The Kier molecular flexibility index (Phi) is 4.71. The van der Waals surface area contributed by atoms with Crippen LogP contribution in [-0.4, -0.2) is 51.2 Å². The molecule has 0 aliphatic carbocycles. The van der Waals surface area contributed by atoms with Gasteiger partial charge in [-0.25, -0.2) is 9.37 Å². The molecule has 3 heterocycles. The number of benzene rings is 2. The Labute approximate surface area is 186 Å². The van der Waals surface area contributed by atoms with Crippen LogP contribution in [0.5, 0.6) is 17.2 Å². The first-order chi connectivity index (χ1) is 15.8. The van der Waals surface area contributed by atoms with E-state index in [4.69, 9.17) is 14.0 Å². The molecule has 0 saturated carbocycles. The molecule has 0 atom stereocenters. The second kappa shape index (κ2) is 7.48. The second-order valence-electron chi connectivity index (χ2n) is 7.97. The van der Waals surface area contributed by atoms with E-state index in [1.165, 1.54) is 25.6 Å². The molecule has 0 bridgehead atoms. The minimum Gasteiger partial charge on any atom is -0.502 e. The van der Waals surface area contributed by atoms with E-state index in [0.717, 1.165) is 0 Å². The van der Waals surface area contributed by atoms with Crippen molar-refractivity contribution in [1.82, 2.24) is 14.7 Å². The molecule has 10 nitrogen and oxygen atoms in total. The van der Waals surface area contributed by atoms with Crippen molar-refractivity contribution < 1.29 is 33.4 Å². The predicted molar refractivity (Wildman–Crippen MR) is 114 cm³/mol. The molecule has 0 spiro atoms. The average Bonchev–Trinajstić information content (AvgIpc) is 3.44. The van der Waals surface area contributed by atoms with Crippen LogP contribution in [0.15, 0.2) is 41.2 Å². The molecule has 3 N–H and O–H groups in total. The summed E-state index contributed by atoms with van der Waals surface area (Å²) in [5, 5.41) is 26.3. The lowest BCUT2D eigenvalue weighted by Gasteiger charge is -2.40. The Morgan fingerprint density at radius 3 is 2.70 bits per heavy atom. The zero-order chi connectivity index (χ0) is 23.3. The van der Waals surface area contributed by atoms with Crippen LogP contribution in [0.2, 0.25) is 0 Å². The Morgan fingerprint density at radius 1 is 1.27 bits per heavy atom. The van der Waals surface area contributed by atoms with Crippen LogP contribution in [0.4, 0.5) is 10.1 Å². The minimum atomic E-state index is -1.03. The highest BCUT2D eigenvalue weighted by Crippen LogP contribution is 2.44.